The number of nitrogens with one attached hydrogen (secondary N) is 2. The van der Waals surface area contributed by atoms with E-state index in [0.717, 1.165) is 5.56 Å². The van der Waals surface area contributed by atoms with E-state index >= 15 is 0 Å². The monoisotopic (exact) mass is 442 g/mol. The number of rotatable bonds is 11. The Morgan fingerprint density at radius 1 is 0.875 bits per heavy atom. The molecule has 0 aliphatic carbocycles. The summed E-state index contributed by atoms with van der Waals surface area (Å²) in [4.78, 5) is 37.6. The molecular weight excluding hydrogens is 412 g/mol. The quantitative estimate of drug-likeness (QED) is 0.309. The van der Waals surface area contributed by atoms with Crippen molar-refractivity contribution in [1.29, 1.82) is 0 Å². The van der Waals surface area contributed by atoms with E-state index in [1.165, 1.54) is 13.8 Å². The third kappa shape index (κ3) is 7.18. The Bertz CT molecular complexity index is 886. The maximum atomic E-state index is 12.8. The summed E-state index contributed by atoms with van der Waals surface area (Å²) in [6.07, 6.45) is -0.240. The average Bonchev–Trinajstić information content (AvgIpc) is 2.81. The van der Waals surface area contributed by atoms with Crippen molar-refractivity contribution in [2.45, 2.75) is 39.0 Å². The highest BCUT2D eigenvalue weighted by atomic mass is 16.5. The molecule has 2 rings (SSSR count). The number of aliphatic hydroxyl groups is 2. The number of aliphatic hydroxyl groups excluding tert-OH is 2. The fourth-order valence-electron chi connectivity index (χ4n) is 2.89. The van der Waals surface area contributed by atoms with E-state index in [1.807, 2.05) is 36.4 Å². The zero-order valence-corrected chi connectivity index (χ0v) is 18.3. The van der Waals surface area contributed by atoms with Gasteiger partial charge in [0.2, 0.25) is 11.8 Å². The maximum Gasteiger partial charge on any atom is 0.308 e. The lowest BCUT2D eigenvalue weighted by molar-refractivity contribution is -0.146. The zero-order valence-electron chi connectivity index (χ0n) is 18.3. The first-order valence-corrected chi connectivity index (χ1v) is 10.4. The summed E-state index contributed by atoms with van der Waals surface area (Å²) >= 11 is 0. The molecule has 4 N–H and O–H groups in total. The number of esters is 1. The lowest BCUT2D eigenvalue weighted by atomic mass is 9.89. The van der Waals surface area contributed by atoms with E-state index in [9.17, 15) is 24.6 Å². The minimum atomic E-state index is -1.51. The predicted octanol–water partition coefficient (Wildman–Crippen LogP) is 1.47. The van der Waals surface area contributed by atoms with Gasteiger partial charge in [-0.15, -0.1) is 0 Å². The molecule has 2 aromatic rings. The van der Waals surface area contributed by atoms with Crippen LogP contribution in [0.1, 0.15) is 37.4 Å². The van der Waals surface area contributed by atoms with Crippen LogP contribution in [-0.4, -0.2) is 47.3 Å². The van der Waals surface area contributed by atoms with Crippen molar-refractivity contribution in [1.82, 2.24) is 10.6 Å². The summed E-state index contributed by atoms with van der Waals surface area (Å²) in [5.74, 6) is -1.84. The second-order valence-corrected chi connectivity index (χ2v) is 7.95. The molecule has 0 aliphatic heterocycles. The average molecular weight is 443 g/mol. The van der Waals surface area contributed by atoms with Crippen LogP contribution in [0.5, 0.6) is 0 Å². The fraction of sp³-hybridized carbons (Fsp3) is 0.375. The Balaban J connectivity index is 1.92. The van der Waals surface area contributed by atoms with Gasteiger partial charge in [-0.3, -0.25) is 14.4 Å². The molecule has 0 aromatic heterocycles. The topological polar surface area (TPSA) is 125 Å². The molecule has 0 fully saturated rings. The maximum absolute atomic E-state index is 12.8. The van der Waals surface area contributed by atoms with Gasteiger partial charge in [0.25, 0.3) is 0 Å². The third-order valence-electron chi connectivity index (χ3n) is 5.04. The van der Waals surface area contributed by atoms with Crippen LogP contribution >= 0.6 is 0 Å². The lowest BCUT2D eigenvalue weighted by Crippen LogP contribution is -2.52. The van der Waals surface area contributed by atoms with Crippen LogP contribution in [0, 0.1) is 5.41 Å². The summed E-state index contributed by atoms with van der Waals surface area (Å²) in [7, 11) is 0. The number of hydrogen-bond acceptors (Lipinski definition) is 6. The molecular formula is C24H30N2O6. The molecule has 2 amide bonds. The summed E-state index contributed by atoms with van der Waals surface area (Å²) in [6.45, 7) is 2.12. The van der Waals surface area contributed by atoms with Crippen molar-refractivity contribution in [2.24, 2.45) is 5.41 Å². The van der Waals surface area contributed by atoms with E-state index < -0.39 is 41.9 Å². The van der Waals surface area contributed by atoms with Crippen LogP contribution in [0.25, 0.3) is 0 Å². The Kier molecular flexibility index (Phi) is 9.37. The summed E-state index contributed by atoms with van der Waals surface area (Å²) in [5, 5.41) is 24.4. The summed E-state index contributed by atoms with van der Waals surface area (Å²) in [5.41, 5.74) is 0.0119. The second-order valence-electron chi connectivity index (χ2n) is 7.95. The Morgan fingerprint density at radius 3 is 2.00 bits per heavy atom. The zero-order chi connectivity index (χ0) is 23.6. The van der Waals surface area contributed by atoms with Crippen molar-refractivity contribution < 1.29 is 29.3 Å². The first-order valence-electron chi connectivity index (χ1n) is 10.4. The Morgan fingerprint density at radius 2 is 1.44 bits per heavy atom. The van der Waals surface area contributed by atoms with E-state index in [0.29, 0.717) is 5.56 Å². The standard InChI is InChI=1S/C24H30N2O6/c1-24(2,23(31)26-20(15-28)18-11-7-4-8-12-18)22(30)25-19(14-27)13-21(29)32-16-17-9-5-3-6-10-17/h3-12,19-20,27-28H,13-16H2,1-2H3,(H,25,30)(H,26,31)/t19-,20+/m0/s1. The van der Waals surface area contributed by atoms with Gasteiger partial charge in [0, 0.05) is 0 Å². The highest BCUT2D eigenvalue weighted by molar-refractivity contribution is 6.04. The van der Waals surface area contributed by atoms with Gasteiger partial charge in [0.1, 0.15) is 12.0 Å². The third-order valence-corrected chi connectivity index (χ3v) is 5.04. The van der Waals surface area contributed by atoms with E-state index in [1.54, 1.807) is 24.3 Å². The molecule has 172 valence electrons. The molecule has 2 atom stereocenters. The van der Waals surface area contributed by atoms with Gasteiger partial charge >= 0.3 is 5.97 Å². The predicted molar refractivity (Wildman–Crippen MR) is 118 cm³/mol. The number of ether oxygens (including phenoxy) is 1. The molecule has 32 heavy (non-hydrogen) atoms. The molecule has 0 spiro atoms. The fourth-order valence-corrected chi connectivity index (χ4v) is 2.89. The van der Waals surface area contributed by atoms with E-state index in [2.05, 4.69) is 10.6 Å². The van der Waals surface area contributed by atoms with Gasteiger partial charge in [-0.2, -0.15) is 0 Å². The molecule has 0 aliphatic rings. The number of carbonyl (C=O) groups is 3. The first kappa shape index (κ1) is 25.0. The number of hydrogen-bond donors (Lipinski definition) is 4. The summed E-state index contributed by atoms with van der Waals surface area (Å²) < 4.78 is 5.18. The van der Waals surface area contributed by atoms with Crippen molar-refractivity contribution in [3.63, 3.8) is 0 Å². The smallest absolute Gasteiger partial charge is 0.308 e. The molecule has 0 heterocycles. The second kappa shape index (κ2) is 12.0. The van der Waals surface area contributed by atoms with Gasteiger partial charge in [-0.05, 0) is 25.0 Å². The normalized spacial score (nSPS) is 13.0. The number of benzene rings is 2. The molecule has 0 radical (unpaired) electrons. The van der Waals surface area contributed by atoms with Gasteiger partial charge in [-0.25, -0.2) is 0 Å². The molecule has 0 saturated carbocycles. The Labute approximate surface area is 187 Å². The highest BCUT2D eigenvalue weighted by Gasteiger charge is 2.38. The molecule has 0 bridgehead atoms. The SMILES string of the molecule is CC(C)(C(=O)N[C@H](CO)CC(=O)OCc1ccccc1)C(=O)N[C@H](CO)c1ccccc1. The minimum absolute atomic E-state index is 0.0850. The highest BCUT2D eigenvalue weighted by Crippen LogP contribution is 2.20. The Hall–Kier alpha value is -3.23. The van der Waals surface area contributed by atoms with E-state index in [4.69, 9.17) is 4.74 Å². The number of carbonyl (C=O) groups excluding carboxylic acids is 3. The summed E-state index contributed by atoms with van der Waals surface area (Å²) in [6, 6.07) is 16.5. The molecule has 2 aromatic carbocycles. The van der Waals surface area contributed by atoms with Crippen LogP contribution in [0.2, 0.25) is 0 Å². The molecule has 8 nitrogen and oxygen atoms in total. The number of amides is 2. The van der Waals surface area contributed by atoms with E-state index in [-0.39, 0.29) is 19.6 Å². The molecule has 8 heteroatoms. The molecule has 0 saturated heterocycles. The van der Waals surface area contributed by atoms with Crippen molar-refractivity contribution in [3.05, 3.63) is 71.8 Å². The minimum Gasteiger partial charge on any atom is -0.461 e. The van der Waals surface area contributed by atoms with Gasteiger partial charge in [0.05, 0.1) is 31.7 Å². The first-order chi connectivity index (χ1) is 15.3. The lowest BCUT2D eigenvalue weighted by Gasteiger charge is -2.28. The van der Waals surface area contributed by atoms with Crippen molar-refractivity contribution >= 4 is 17.8 Å². The van der Waals surface area contributed by atoms with Crippen molar-refractivity contribution in [2.75, 3.05) is 13.2 Å². The van der Waals surface area contributed by atoms with Crippen LogP contribution in [0.15, 0.2) is 60.7 Å². The van der Waals surface area contributed by atoms with Crippen LogP contribution < -0.4 is 10.6 Å². The van der Waals surface area contributed by atoms with Crippen molar-refractivity contribution in [3.8, 4) is 0 Å². The largest absolute Gasteiger partial charge is 0.461 e. The van der Waals surface area contributed by atoms with Gasteiger partial charge in [0.15, 0.2) is 0 Å². The van der Waals surface area contributed by atoms with Gasteiger partial charge < -0.3 is 25.6 Å². The van der Waals surface area contributed by atoms with Crippen LogP contribution in [0.3, 0.4) is 0 Å². The van der Waals surface area contributed by atoms with Crippen LogP contribution in [0.4, 0.5) is 0 Å². The molecule has 0 unspecified atom stereocenters. The van der Waals surface area contributed by atoms with Crippen LogP contribution in [-0.2, 0) is 25.7 Å². The van der Waals surface area contributed by atoms with Gasteiger partial charge in [-0.1, -0.05) is 60.7 Å².